The van der Waals surface area contributed by atoms with Crippen molar-refractivity contribution in [1.82, 2.24) is 4.90 Å². The number of anilines is 1. The molecule has 2 aromatic carbocycles. The van der Waals surface area contributed by atoms with Gasteiger partial charge in [-0.1, -0.05) is 12.1 Å². The van der Waals surface area contributed by atoms with Crippen LogP contribution in [0.25, 0.3) is 0 Å². The molecule has 2 aromatic rings. The minimum absolute atomic E-state index is 0.0258. The van der Waals surface area contributed by atoms with Crippen molar-refractivity contribution in [2.24, 2.45) is 0 Å². The Hall–Kier alpha value is -2.89. The molecule has 0 aliphatic carbocycles. The average Bonchev–Trinajstić information content (AvgIpc) is 2.68. The van der Waals surface area contributed by atoms with Crippen molar-refractivity contribution in [2.75, 3.05) is 38.2 Å². The van der Waals surface area contributed by atoms with Gasteiger partial charge in [0.1, 0.15) is 11.6 Å². The molecule has 1 aliphatic rings. The Morgan fingerprint density at radius 2 is 1.78 bits per heavy atom. The maximum atomic E-state index is 13.9. The van der Waals surface area contributed by atoms with Crippen LogP contribution in [0.15, 0.2) is 42.5 Å². The molecule has 0 saturated carbocycles. The van der Waals surface area contributed by atoms with E-state index in [1.165, 1.54) is 13.0 Å². The molecular formula is C21H23FN2O3. The van der Waals surface area contributed by atoms with Crippen molar-refractivity contribution < 1.29 is 18.7 Å². The third-order valence-electron chi connectivity index (χ3n) is 4.85. The molecule has 27 heavy (non-hydrogen) atoms. The lowest BCUT2D eigenvalue weighted by Crippen LogP contribution is -2.49. The van der Waals surface area contributed by atoms with Crippen molar-refractivity contribution in [3.05, 3.63) is 59.4 Å². The summed E-state index contributed by atoms with van der Waals surface area (Å²) in [4.78, 5) is 28.1. The van der Waals surface area contributed by atoms with E-state index >= 15 is 0 Å². The van der Waals surface area contributed by atoms with Gasteiger partial charge in [-0.2, -0.15) is 0 Å². The number of hydrogen-bond acceptors (Lipinski definition) is 4. The Morgan fingerprint density at radius 1 is 1.07 bits per heavy atom. The predicted octanol–water partition coefficient (Wildman–Crippen LogP) is 2.93. The number of ether oxygens (including phenoxy) is 1. The van der Waals surface area contributed by atoms with Gasteiger partial charge in [-0.05, 0) is 37.3 Å². The molecular weight excluding hydrogens is 347 g/mol. The van der Waals surface area contributed by atoms with Crippen LogP contribution in [-0.4, -0.2) is 49.9 Å². The molecule has 1 saturated heterocycles. The second kappa shape index (κ2) is 8.20. The van der Waals surface area contributed by atoms with Crippen LogP contribution < -0.4 is 9.64 Å². The Labute approximate surface area is 158 Å². The maximum Gasteiger partial charge on any atom is 0.227 e. The molecule has 1 fully saturated rings. The summed E-state index contributed by atoms with van der Waals surface area (Å²) in [5.74, 6) is 0.272. The first-order chi connectivity index (χ1) is 13.0. The van der Waals surface area contributed by atoms with Gasteiger partial charge >= 0.3 is 0 Å². The first-order valence-electron chi connectivity index (χ1n) is 8.94. The standard InChI is InChI=1S/C21H23FN2O3/c1-15(25)16-7-8-20(27-2)17(13-16)14-21(26)24-11-9-23(10-12-24)19-6-4-3-5-18(19)22/h3-8,13H,9-12,14H2,1-2H3. The lowest BCUT2D eigenvalue weighted by molar-refractivity contribution is -0.130. The number of carbonyl (C=O) groups excluding carboxylic acids is 2. The molecule has 142 valence electrons. The SMILES string of the molecule is COc1ccc(C(C)=O)cc1CC(=O)N1CCN(c2ccccc2F)CC1. The van der Waals surface area contributed by atoms with Crippen LogP contribution in [0, 0.1) is 5.82 Å². The maximum absolute atomic E-state index is 13.9. The summed E-state index contributed by atoms with van der Waals surface area (Å²) < 4.78 is 19.3. The monoisotopic (exact) mass is 370 g/mol. The summed E-state index contributed by atoms with van der Waals surface area (Å²) in [6.45, 7) is 3.72. The summed E-state index contributed by atoms with van der Waals surface area (Å²) in [5.41, 5.74) is 1.83. The largest absolute Gasteiger partial charge is 0.496 e. The lowest BCUT2D eigenvalue weighted by Gasteiger charge is -2.36. The van der Waals surface area contributed by atoms with Gasteiger partial charge in [0.2, 0.25) is 5.91 Å². The van der Waals surface area contributed by atoms with Crippen LogP contribution in [0.1, 0.15) is 22.8 Å². The van der Waals surface area contributed by atoms with E-state index < -0.39 is 0 Å². The highest BCUT2D eigenvalue weighted by atomic mass is 19.1. The Bertz CT molecular complexity index is 845. The van der Waals surface area contributed by atoms with Crippen LogP contribution in [0.4, 0.5) is 10.1 Å². The Balaban J connectivity index is 1.66. The minimum atomic E-state index is -0.247. The van der Waals surface area contributed by atoms with Crippen LogP contribution >= 0.6 is 0 Å². The molecule has 1 amide bonds. The molecule has 0 aromatic heterocycles. The van der Waals surface area contributed by atoms with Gasteiger partial charge in [-0.25, -0.2) is 4.39 Å². The van der Waals surface area contributed by atoms with Gasteiger partial charge in [0.25, 0.3) is 0 Å². The number of rotatable bonds is 5. The number of nitrogens with zero attached hydrogens (tertiary/aromatic N) is 2. The number of amides is 1. The van der Waals surface area contributed by atoms with E-state index in [1.54, 1.807) is 42.3 Å². The van der Waals surface area contributed by atoms with Crippen molar-refractivity contribution >= 4 is 17.4 Å². The fraction of sp³-hybridized carbons (Fsp3) is 0.333. The van der Waals surface area contributed by atoms with E-state index in [2.05, 4.69) is 0 Å². The van der Waals surface area contributed by atoms with Crippen molar-refractivity contribution in [1.29, 1.82) is 0 Å². The van der Waals surface area contributed by atoms with Gasteiger partial charge in [-0.15, -0.1) is 0 Å². The molecule has 0 atom stereocenters. The van der Waals surface area contributed by atoms with Crippen molar-refractivity contribution in [2.45, 2.75) is 13.3 Å². The van der Waals surface area contributed by atoms with Crippen molar-refractivity contribution in [3.8, 4) is 5.75 Å². The quantitative estimate of drug-likeness (QED) is 0.760. The molecule has 1 aliphatic heterocycles. The summed E-state index contributed by atoms with van der Waals surface area (Å²) in [7, 11) is 1.55. The number of ketones is 1. The summed E-state index contributed by atoms with van der Waals surface area (Å²) >= 11 is 0. The van der Waals surface area contributed by atoms with Gasteiger partial charge < -0.3 is 14.5 Å². The smallest absolute Gasteiger partial charge is 0.227 e. The number of methoxy groups -OCH3 is 1. The summed E-state index contributed by atoms with van der Waals surface area (Å²) in [6.07, 6.45) is 0.171. The summed E-state index contributed by atoms with van der Waals surface area (Å²) in [6, 6.07) is 11.8. The molecule has 6 heteroatoms. The Kier molecular flexibility index (Phi) is 5.74. The molecule has 1 heterocycles. The minimum Gasteiger partial charge on any atom is -0.496 e. The first kappa shape index (κ1) is 18.9. The second-order valence-corrected chi connectivity index (χ2v) is 6.58. The van der Waals surface area contributed by atoms with Crippen LogP contribution in [0.2, 0.25) is 0 Å². The molecule has 0 spiro atoms. The molecule has 3 rings (SSSR count). The number of piperazine rings is 1. The first-order valence-corrected chi connectivity index (χ1v) is 8.94. The van der Waals surface area contributed by atoms with Crippen LogP contribution in [0.3, 0.4) is 0 Å². The average molecular weight is 370 g/mol. The van der Waals surface area contributed by atoms with Crippen molar-refractivity contribution in [3.63, 3.8) is 0 Å². The van der Waals surface area contributed by atoms with Gasteiger partial charge in [-0.3, -0.25) is 9.59 Å². The normalized spacial score (nSPS) is 14.2. The van der Waals surface area contributed by atoms with Gasteiger partial charge in [0.05, 0.1) is 19.2 Å². The molecule has 5 nitrogen and oxygen atoms in total. The molecule has 0 radical (unpaired) electrons. The topological polar surface area (TPSA) is 49.9 Å². The number of benzene rings is 2. The number of para-hydroxylation sites is 1. The van der Waals surface area contributed by atoms with Crippen LogP contribution in [0.5, 0.6) is 5.75 Å². The van der Waals surface area contributed by atoms with Gasteiger partial charge in [0, 0.05) is 37.3 Å². The second-order valence-electron chi connectivity index (χ2n) is 6.58. The number of halogens is 1. The number of carbonyl (C=O) groups is 2. The van der Waals surface area contributed by atoms with E-state index in [0.717, 1.165) is 0 Å². The highest BCUT2D eigenvalue weighted by Crippen LogP contribution is 2.23. The third kappa shape index (κ3) is 4.27. The number of Topliss-reactive ketones (excluding diaryl/α,β-unsaturated/α-hetero) is 1. The van der Waals surface area contributed by atoms with E-state index in [1.807, 2.05) is 11.0 Å². The summed E-state index contributed by atoms with van der Waals surface area (Å²) in [5, 5.41) is 0. The zero-order chi connectivity index (χ0) is 19.4. The molecule has 0 bridgehead atoms. The predicted molar refractivity (Wildman–Crippen MR) is 102 cm³/mol. The molecule has 0 unspecified atom stereocenters. The van der Waals surface area contributed by atoms with E-state index in [4.69, 9.17) is 4.74 Å². The molecule has 0 N–H and O–H groups in total. The highest BCUT2D eigenvalue weighted by molar-refractivity contribution is 5.94. The zero-order valence-electron chi connectivity index (χ0n) is 15.6. The fourth-order valence-electron chi connectivity index (χ4n) is 3.32. The fourth-order valence-corrected chi connectivity index (χ4v) is 3.32. The van der Waals surface area contributed by atoms with E-state index in [-0.39, 0.29) is 23.9 Å². The van der Waals surface area contributed by atoms with Gasteiger partial charge in [0.15, 0.2) is 5.78 Å². The zero-order valence-corrected chi connectivity index (χ0v) is 15.6. The third-order valence-corrected chi connectivity index (χ3v) is 4.85. The highest BCUT2D eigenvalue weighted by Gasteiger charge is 2.23. The lowest BCUT2D eigenvalue weighted by atomic mass is 10.0. The Morgan fingerprint density at radius 3 is 2.41 bits per heavy atom. The van der Waals surface area contributed by atoms with E-state index in [9.17, 15) is 14.0 Å². The number of hydrogen-bond donors (Lipinski definition) is 0. The van der Waals surface area contributed by atoms with E-state index in [0.29, 0.717) is 48.7 Å². The van der Waals surface area contributed by atoms with Crippen LogP contribution in [-0.2, 0) is 11.2 Å².